The molecule has 0 radical (unpaired) electrons. The van der Waals surface area contributed by atoms with Crippen LogP contribution in [0.1, 0.15) is 50.2 Å². The largest absolute Gasteiger partial charge is 0.352 e. The number of benzene rings is 3. The van der Waals surface area contributed by atoms with Gasteiger partial charge in [0.05, 0.1) is 20.6 Å². The van der Waals surface area contributed by atoms with E-state index in [9.17, 15) is 18.0 Å². The van der Waals surface area contributed by atoms with Gasteiger partial charge >= 0.3 is 0 Å². The zero-order valence-corrected chi connectivity index (χ0v) is 27.4. The van der Waals surface area contributed by atoms with Crippen molar-refractivity contribution in [3.8, 4) is 0 Å². The molecule has 2 amide bonds. The second kappa shape index (κ2) is 14.3. The van der Waals surface area contributed by atoms with Gasteiger partial charge < -0.3 is 10.2 Å². The zero-order chi connectivity index (χ0) is 30.4. The van der Waals surface area contributed by atoms with Crippen LogP contribution in [0.15, 0.2) is 76.1 Å². The maximum absolute atomic E-state index is 14.2. The number of anilines is 1. The molecule has 0 aliphatic heterocycles. The molecule has 0 unspecified atom stereocenters. The summed E-state index contributed by atoms with van der Waals surface area (Å²) in [6.07, 6.45) is 4.23. The molecule has 1 aliphatic rings. The minimum absolute atomic E-state index is 0.0467. The summed E-state index contributed by atoms with van der Waals surface area (Å²) in [7, 11) is -4.14. The quantitative estimate of drug-likeness (QED) is 0.232. The lowest BCUT2D eigenvalue weighted by atomic mass is 10.1. The molecule has 3 aromatic rings. The van der Waals surface area contributed by atoms with E-state index >= 15 is 0 Å². The second-order valence-electron chi connectivity index (χ2n) is 10.5. The van der Waals surface area contributed by atoms with E-state index in [2.05, 4.69) is 21.2 Å². The number of nitrogens with zero attached hydrogens (tertiary/aromatic N) is 2. The van der Waals surface area contributed by atoms with Gasteiger partial charge in [-0.25, -0.2) is 8.42 Å². The number of hydrogen-bond donors (Lipinski definition) is 1. The monoisotopic (exact) mass is 693 g/mol. The highest BCUT2D eigenvalue weighted by Crippen LogP contribution is 2.28. The number of sulfonamides is 1. The molecule has 1 saturated carbocycles. The van der Waals surface area contributed by atoms with E-state index in [1.165, 1.54) is 17.0 Å². The van der Waals surface area contributed by atoms with Crippen LogP contribution in [-0.4, -0.2) is 43.8 Å². The molecule has 0 aromatic heterocycles. The summed E-state index contributed by atoms with van der Waals surface area (Å²) in [4.78, 5) is 29.2. The fraction of sp³-hybridized carbons (Fsp3) is 0.355. The van der Waals surface area contributed by atoms with Gasteiger partial charge in [-0.1, -0.05) is 82.7 Å². The number of nitrogens with one attached hydrogen (secondary N) is 1. The maximum atomic E-state index is 14.2. The first-order valence-electron chi connectivity index (χ1n) is 13.9. The maximum Gasteiger partial charge on any atom is 0.264 e. The molecule has 224 valence electrons. The summed E-state index contributed by atoms with van der Waals surface area (Å²) >= 11 is 15.8. The van der Waals surface area contributed by atoms with Crippen molar-refractivity contribution in [2.75, 3.05) is 10.8 Å². The summed E-state index contributed by atoms with van der Waals surface area (Å²) in [6, 6.07) is 17.5. The fourth-order valence-electron chi connectivity index (χ4n) is 5.10. The van der Waals surface area contributed by atoms with Gasteiger partial charge in [0.1, 0.15) is 12.6 Å². The van der Waals surface area contributed by atoms with Gasteiger partial charge in [0, 0.05) is 17.1 Å². The average Bonchev–Trinajstić information content (AvgIpc) is 3.47. The average molecular weight is 696 g/mol. The number of hydrogen-bond acceptors (Lipinski definition) is 4. The number of carbonyl (C=O) groups is 2. The molecule has 1 N–H and O–H groups in total. The van der Waals surface area contributed by atoms with Crippen LogP contribution in [0, 0.1) is 6.92 Å². The summed E-state index contributed by atoms with van der Waals surface area (Å²) in [5, 5.41) is 3.80. The van der Waals surface area contributed by atoms with Crippen molar-refractivity contribution < 1.29 is 18.0 Å². The lowest BCUT2D eigenvalue weighted by Gasteiger charge is -2.34. The van der Waals surface area contributed by atoms with E-state index < -0.39 is 28.5 Å². The highest BCUT2D eigenvalue weighted by molar-refractivity contribution is 9.10. The Bertz CT molecular complexity index is 1510. The topological polar surface area (TPSA) is 86.8 Å². The van der Waals surface area contributed by atoms with Crippen LogP contribution in [0.3, 0.4) is 0 Å². The number of amides is 2. The SMILES string of the molecule is CC[C@@H](C(=O)NC1CCCC1)N(Cc1ccc(Cl)c(Cl)c1)C(=O)CN(c1ccc(Br)cc1)S(=O)(=O)c1ccc(C)cc1. The Morgan fingerprint density at radius 1 is 0.976 bits per heavy atom. The molecule has 7 nitrogen and oxygen atoms in total. The first-order chi connectivity index (χ1) is 20.0. The molecule has 4 rings (SSSR count). The molecule has 0 spiro atoms. The third kappa shape index (κ3) is 7.86. The molecular formula is C31H34BrCl2N3O4S. The number of halogens is 3. The molecule has 1 fully saturated rings. The minimum atomic E-state index is -4.14. The Labute approximate surface area is 266 Å². The molecule has 1 aliphatic carbocycles. The first-order valence-corrected chi connectivity index (χ1v) is 16.9. The number of aryl methyl sites for hydroxylation is 1. The number of carbonyl (C=O) groups excluding carboxylic acids is 2. The molecule has 0 saturated heterocycles. The second-order valence-corrected chi connectivity index (χ2v) is 14.1. The van der Waals surface area contributed by atoms with Crippen LogP contribution in [0.5, 0.6) is 0 Å². The van der Waals surface area contributed by atoms with Crippen molar-refractivity contribution in [2.45, 2.75) is 69.5 Å². The Kier molecular flexibility index (Phi) is 11.0. The predicted octanol–water partition coefficient (Wildman–Crippen LogP) is 7.13. The highest BCUT2D eigenvalue weighted by Gasteiger charge is 2.34. The Morgan fingerprint density at radius 2 is 1.62 bits per heavy atom. The first kappa shape index (κ1) is 32.3. The van der Waals surface area contributed by atoms with Gasteiger partial charge in [-0.3, -0.25) is 13.9 Å². The highest BCUT2D eigenvalue weighted by atomic mass is 79.9. The molecule has 0 heterocycles. The van der Waals surface area contributed by atoms with Crippen molar-refractivity contribution in [3.05, 3.63) is 92.4 Å². The number of rotatable bonds is 11. The molecular weight excluding hydrogens is 661 g/mol. The van der Waals surface area contributed by atoms with Crippen LogP contribution in [0.25, 0.3) is 0 Å². The van der Waals surface area contributed by atoms with E-state index in [0.717, 1.165) is 40.0 Å². The van der Waals surface area contributed by atoms with E-state index in [1.807, 2.05) is 13.8 Å². The summed E-state index contributed by atoms with van der Waals surface area (Å²) in [6.45, 7) is 3.25. The Balaban J connectivity index is 1.72. The Hall–Kier alpha value is -2.59. The van der Waals surface area contributed by atoms with E-state index in [0.29, 0.717) is 27.7 Å². The summed E-state index contributed by atoms with van der Waals surface area (Å²) < 4.78 is 29.8. The molecule has 3 aromatic carbocycles. The zero-order valence-electron chi connectivity index (χ0n) is 23.5. The molecule has 11 heteroatoms. The summed E-state index contributed by atoms with van der Waals surface area (Å²) in [5.41, 5.74) is 1.90. The standard InChI is InChI=1S/C31H34BrCl2N3O4S/c1-3-29(31(39)35-24-6-4-5-7-24)36(19-22-10-17-27(33)28(34)18-22)30(38)20-37(25-13-11-23(32)12-14-25)42(40,41)26-15-8-21(2)9-16-26/h8-18,24,29H,3-7,19-20H2,1-2H3,(H,35,39)/t29-/m0/s1. The third-order valence-electron chi connectivity index (χ3n) is 7.43. The fourth-order valence-corrected chi connectivity index (χ4v) is 7.09. The van der Waals surface area contributed by atoms with Crippen LogP contribution in [0.2, 0.25) is 10.0 Å². The van der Waals surface area contributed by atoms with E-state index in [1.54, 1.807) is 54.6 Å². The van der Waals surface area contributed by atoms with Gasteiger partial charge in [0.2, 0.25) is 11.8 Å². The molecule has 1 atom stereocenters. The smallest absolute Gasteiger partial charge is 0.264 e. The van der Waals surface area contributed by atoms with Crippen molar-refractivity contribution in [2.24, 2.45) is 0 Å². The Morgan fingerprint density at radius 3 is 2.21 bits per heavy atom. The van der Waals surface area contributed by atoms with Crippen molar-refractivity contribution in [3.63, 3.8) is 0 Å². The third-order valence-corrected chi connectivity index (χ3v) is 10.5. The van der Waals surface area contributed by atoms with E-state index in [-0.39, 0.29) is 23.4 Å². The van der Waals surface area contributed by atoms with Gasteiger partial charge in [-0.2, -0.15) is 0 Å². The predicted molar refractivity (Wildman–Crippen MR) is 171 cm³/mol. The van der Waals surface area contributed by atoms with E-state index in [4.69, 9.17) is 23.2 Å². The lowest BCUT2D eigenvalue weighted by Crippen LogP contribution is -2.53. The van der Waals surface area contributed by atoms with Crippen molar-refractivity contribution in [1.29, 1.82) is 0 Å². The van der Waals surface area contributed by atoms with Gasteiger partial charge in [0.15, 0.2) is 0 Å². The van der Waals surface area contributed by atoms with Crippen LogP contribution in [-0.2, 0) is 26.2 Å². The lowest BCUT2D eigenvalue weighted by molar-refractivity contribution is -0.140. The van der Waals surface area contributed by atoms with Crippen molar-refractivity contribution in [1.82, 2.24) is 10.2 Å². The van der Waals surface area contributed by atoms with Crippen LogP contribution >= 0.6 is 39.1 Å². The van der Waals surface area contributed by atoms with Crippen molar-refractivity contribution >= 4 is 66.7 Å². The van der Waals surface area contributed by atoms with Gasteiger partial charge in [-0.15, -0.1) is 0 Å². The molecule has 0 bridgehead atoms. The van der Waals surface area contributed by atoms with Crippen LogP contribution in [0.4, 0.5) is 5.69 Å². The normalized spacial score (nSPS) is 14.4. The van der Waals surface area contributed by atoms with Gasteiger partial charge in [-0.05, 0) is 80.3 Å². The summed E-state index contributed by atoms with van der Waals surface area (Å²) in [5.74, 6) is -0.775. The minimum Gasteiger partial charge on any atom is -0.352 e. The van der Waals surface area contributed by atoms with Crippen LogP contribution < -0.4 is 9.62 Å². The van der Waals surface area contributed by atoms with Gasteiger partial charge in [0.25, 0.3) is 10.0 Å². The molecule has 42 heavy (non-hydrogen) atoms.